The van der Waals surface area contributed by atoms with Crippen molar-refractivity contribution in [3.63, 3.8) is 0 Å². The molecule has 0 saturated carbocycles. The minimum Gasteiger partial charge on any atom is -0.442 e. The fraction of sp³-hybridized carbons (Fsp3) is 0.250. The number of anilines is 4. The van der Waals surface area contributed by atoms with Crippen molar-refractivity contribution in [2.45, 2.75) is 0 Å². The number of rotatable bonds is 10. The second kappa shape index (κ2) is 12.6. The van der Waals surface area contributed by atoms with Crippen LogP contribution in [0.15, 0.2) is 97.1 Å². The molecule has 4 aromatic carbocycles. The highest BCUT2D eigenvalue weighted by molar-refractivity contribution is 6.92. The fourth-order valence-electron chi connectivity index (χ4n) is 4.37. The van der Waals surface area contributed by atoms with Gasteiger partial charge in [-0.15, -0.1) is 0 Å². The van der Waals surface area contributed by atoms with E-state index in [0.29, 0.717) is 0 Å². The van der Waals surface area contributed by atoms with Crippen LogP contribution in [-0.4, -0.2) is 74.5 Å². The van der Waals surface area contributed by atoms with Crippen molar-refractivity contribution in [2.75, 3.05) is 76.0 Å². The molecule has 0 N–H and O–H groups in total. The van der Waals surface area contributed by atoms with Gasteiger partial charge in [0, 0.05) is 79.1 Å². The van der Waals surface area contributed by atoms with Crippen LogP contribution >= 0.6 is 0 Å². The van der Waals surface area contributed by atoms with E-state index in [1.165, 1.54) is 43.5 Å². The first-order valence-electron chi connectivity index (χ1n) is 13.2. The van der Waals surface area contributed by atoms with Crippen molar-refractivity contribution in [3.05, 3.63) is 97.1 Å². The highest BCUT2D eigenvalue weighted by Gasteiger charge is 2.29. The molecule has 39 heavy (non-hydrogen) atoms. The molecule has 0 atom stereocenters. The van der Waals surface area contributed by atoms with E-state index in [1.807, 2.05) is 0 Å². The van der Waals surface area contributed by atoms with Gasteiger partial charge in [-0.3, -0.25) is 0 Å². The zero-order chi connectivity index (χ0) is 28.1. The van der Waals surface area contributed by atoms with E-state index in [4.69, 9.17) is 4.12 Å². The van der Waals surface area contributed by atoms with Crippen LogP contribution in [0.3, 0.4) is 0 Å². The van der Waals surface area contributed by atoms with E-state index in [2.05, 4.69) is 173 Å². The standard InChI is InChI=1S/C32H40N4OSi2/c1-33(2)25-13-9-17-29(21-25)38(30-18-10-14-26(22-30)34(3)4)37-39(31-19-11-15-27(23-31)35(5)6)32-20-12-16-28(24-32)36(7)8/h9-24H,1-8H3. The van der Waals surface area contributed by atoms with Gasteiger partial charge in [-0.05, 0) is 69.3 Å². The van der Waals surface area contributed by atoms with Crippen molar-refractivity contribution in [1.29, 1.82) is 0 Å². The van der Waals surface area contributed by atoms with Crippen molar-refractivity contribution in [1.82, 2.24) is 0 Å². The molecule has 7 heteroatoms. The van der Waals surface area contributed by atoms with Gasteiger partial charge in [-0.2, -0.15) is 0 Å². The average Bonchev–Trinajstić information content (AvgIpc) is 2.93. The van der Waals surface area contributed by atoms with Gasteiger partial charge in [0.2, 0.25) is 0 Å². The van der Waals surface area contributed by atoms with Crippen molar-refractivity contribution >= 4 is 61.6 Å². The minimum atomic E-state index is -1.60. The maximum Gasteiger partial charge on any atom is 0.272 e. The van der Waals surface area contributed by atoms with Crippen molar-refractivity contribution in [2.24, 2.45) is 0 Å². The van der Waals surface area contributed by atoms with E-state index in [-0.39, 0.29) is 0 Å². The first kappa shape index (κ1) is 28.5. The van der Waals surface area contributed by atoms with E-state index < -0.39 is 18.1 Å². The van der Waals surface area contributed by atoms with Gasteiger partial charge < -0.3 is 23.7 Å². The summed E-state index contributed by atoms with van der Waals surface area (Å²) in [7, 11) is 13.5. The molecule has 4 rings (SSSR count). The lowest BCUT2D eigenvalue weighted by molar-refractivity contribution is 0.633. The van der Waals surface area contributed by atoms with Gasteiger partial charge in [0.25, 0.3) is 18.1 Å². The predicted molar refractivity (Wildman–Crippen MR) is 174 cm³/mol. The third-order valence-electron chi connectivity index (χ3n) is 6.70. The zero-order valence-corrected chi connectivity index (χ0v) is 26.4. The lowest BCUT2D eigenvalue weighted by Crippen LogP contribution is -2.56. The van der Waals surface area contributed by atoms with Gasteiger partial charge in [-0.1, -0.05) is 48.5 Å². The lowest BCUT2D eigenvalue weighted by Gasteiger charge is -2.26. The molecule has 0 spiro atoms. The quantitative estimate of drug-likeness (QED) is 0.282. The molecule has 2 radical (unpaired) electrons. The smallest absolute Gasteiger partial charge is 0.272 e. The van der Waals surface area contributed by atoms with Crippen LogP contribution in [0.25, 0.3) is 0 Å². The van der Waals surface area contributed by atoms with Crippen LogP contribution in [0.1, 0.15) is 0 Å². The predicted octanol–water partition coefficient (Wildman–Crippen LogP) is 2.88. The molecule has 0 aliphatic heterocycles. The summed E-state index contributed by atoms with van der Waals surface area (Å²) in [4.78, 5) is 8.64. The molecule has 0 fully saturated rings. The van der Waals surface area contributed by atoms with Crippen LogP contribution in [0.4, 0.5) is 22.7 Å². The molecule has 0 unspecified atom stereocenters. The second-order valence-electron chi connectivity index (χ2n) is 10.5. The number of hydrogen-bond acceptors (Lipinski definition) is 5. The molecule has 0 aliphatic rings. The molecule has 0 heterocycles. The highest BCUT2D eigenvalue weighted by atomic mass is 28.4. The summed E-state index contributed by atoms with van der Waals surface area (Å²) in [5.74, 6) is 0. The van der Waals surface area contributed by atoms with E-state index in [9.17, 15) is 0 Å². The fourth-order valence-corrected chi connectivity index (χ4v) is 9.85. The summed E-state index contributed by atoms with van der Waals surface area (Å²) >= 11 is 0. The lowest BCUT2D eigenvalue weighted by atomic mass is 10.3. The zero-order valence-electron chi connectivity index (χ0n) is 24.4. The molecule has 0 bridgehead atoms. The molecule has 0 amide bonds. The summed E-state index contributed by atoms with van der Waals surface area (Å²) < 4.78 is 7.46. The van der Waals surface area contributed by atoms with E-state index >= 15 is 0 Å². The molecular formula is C32H40N4OSi2. The Balaban J connectivity index is 1.89. The summed E-state index contributed by atoms with van der Waals surface area (Å²) in [5, 5.41) is 4.99. The van der Waals surface area contributed by atoms with Crippen LogP contribution < -0.4 is 40.3 Å². The Labute approximate surface area is 238 Å². The number of benzene rings is 4. The van der Waals surface area contributed by atoms with Crippen LogP contribution in [0.2, 0.25) is 0 Å². The molecule has 5 nitrogen and oxygen atoms in total. The summed E-state index contributed by atoms with van der Waals surface area (Å²) in [6.45, 7) is 0. The van der Waals surface area contributed by atoms with Crippen LogP contribution in [0.5, 0.6) is 0 Å². The minimum absolute atomic E-state index is 1.18. The van der Waals surface area contributed by atoms with Crippen LogP contribution in [0, 0.1) is 0 Å². The van der Waals surface area contributed by atoms with Gasteiger partial charge in [0.15, 0.2) is 0 Å². The first-order valence-corrected chi connectivity index (χ1v) is 16.0. The summed E-state index contributed by atoms with van der Waals surface area (Å²) in [6, 6.07) is 35.4. The van der Waals surface area contributed by atoms with E-state index in [1.54, 1.807) is 0 Å². The Hall–Kier alpha value is -3.53. The molecule has 0 aliphatic carbocycles. The third kappa shape index (κ3) is 6.92. The van der Waals surface area contributed by atoms with Gasteiger partial charge in [0.1, 0.15) is 0 Å². The molecule has 202 valence electrons. The van der Waals surface area contributed by atoms with E-state index in [0.717, 1.165) is 0 Å². The second-order valence-corrected chi connectivity index (χ2v) is 15.0. The molecule has 0 saturated heterocycles. The third-order valence-corrected chi connectivity index (χ3v) is 11.7. The average molecular weight is 553 g/mol. The van der Waals surface area contributed by atoms with Gasteiger partial charge in [-0.25, -0.2) is 0 Å². The Morgan fingerprint density at radius 1 is 0.385 bits per heavy atom. The number of hydrogen-bond donors (Lipinski definition) is 0. The van der Waals surface area contributed by atoms with Crippen molar-refractivity contribution < 1.29 is 4.12 Å². The Kier molecular flexibility index (Phi) is 9.17. The Bertz CT molecular complexity index is 1180. The first-order chi connectivity index (χ1) is 18.6. The Morgan fingerprint density at radius 2 is 0.615 bits per heavy atom. The highest BCUT2D eigenvalue weighted by Crippen LogP contribution is 2.15. The van der Waals surface area contributed by atoms with Gasteiger partial charge >= 0.3 is 0 Å². The molecule has 0 aromatic heterocycles. The summed E-state index contributed by atoms with van der Waals surface area (Å²) in [5.41, 5.74) is 4.72. The Morgan fingerprint density at radius 3 is 0.821 bits per heavy atom. The molecule has 4 aromatic rings. The van der Waals surface area contributed by atoms with Gasteiger partial charge in [0.05, 0.1) is 0 Å². The number of nitrogens with zero attached hydrogens (tertiary/aromatic N) is 4. The van der Waals surface area contributed by atoms with Crippen molar-refractivity contribution in [3.8, 4) is 0 Å². The molecular weight excluding hydrogens is 513 g/mol. The maximum absolute atomic E-state index is 7.46. The topological polar surface area (TPSA) is 22.2 Å². The van der Waals surface area contributed by atoms with Crippen LogP contribution in [-0.2, 0) is 4.12 Å². The largest absolute Gasteiger partial charge is 0.442 e. The normalized spacial score (nSPS) is 11.1. The maximum atomic E-state index is 7.46. The SMILES string of the molecule is CN(C)c1cccc([Si](O[Si](c2cccc(N(C)C)c2)c2cccc(N(C)C)c2)c2cccc(N(C)C)c2)c1. The summed E-state index contributed by atoms with van der Waals surface area (Å²) in [6.07, 6.45) is 0. The monoisotopic (exact) mass is 552 g/mol.